The van der Waals surface area contributed by atoms with Gasteiger partial charge in [0, 0.05) is 66.2 Å². The van der Waals surface area contributed by atoms with E-state index < -0.39 is 0 Å². The minimum atomic E-state index is 1.15. The van der Waals surface area contributed by atoms with Crippen molar-refractivity contribution < 1.29 is 0 Å². The molecule has 0 atom stereocenters. The van der Waals surface area contributed by atoms with Gasteiger partial charge in [0.2, 0.25) is 0 Å². The molecule has 0 aliphatic carbocycles. The standard InChI is InChI=1S/C48H29NS3/c1-3-13-30(14-4-1)32-27-40(46-36-18-8-11-21-42(36)51-45(46)28-32)49(33-23-26-44-38(29-33)35-17-7-10-20-41(35)50-44)39-25-24-34(31-15-5-2-6-16-31)48-47(39)37-19-9-12-22-43(37)52-48/h1-29H. The molecule has 0 spiro atoms. The summed E-state index contributed by atoms with van der Waals surface area (Å²) in [4.78, 5) is 2.57. The van der Waals surface area contributed by atoms with Crippen LogP contribution < -0.4 is 4.90 Å². The van der Waals surface area contributed by atoms with Crippen molar-refractivity contribution in [3.05, 3.63) is 176 Å². The number of fused-ring (bicyclic) bond motifs is 9. The Morgan fingerprint density at radius 1 is 0.327 bits per heavy atom. The lowest BCUT2D eigenvalue weighted by Gasteiger charge is -2.29. The third kappa shape index (κ3) is 4.65. The molecule has 0 N–H and O–H groups in total. The van der Waals surface area contributed by atoms with E-state index in [0.717, 1.165) is 5.69 Å². The van der Waals surface area contributed by atoms with Crippen molar-refractivity contribution in [2.45, 2.75) is 0 Å². The Labute approximate surface area is 312 Å². The predicted molar refractivity (Wildman–Crippen MR) is 231 cm³/mol. The van der Waals surface area contributed by atoms with E-state index in [1.54, 1.807) is 0 Å². The fourth-order valence-electron chi connectivity index (χ4n) is 7.91. The average Bonchev–Trinajstić information content (AvgIpc) is 3.90. The lowest BCUT2D eigenvalue weighted by atomic mass is 9.98. The first-order valence-electron chi connectivity index (χ1n) is 17.5. The molecule has 3 aromatic heterocycles. The van der Waals surface area contributed by atoms with Crippen LogP contribution in [0.4, 0.5) is 17.1 Å². The third-order valence-electron chi connectivity index (χ3n) is 10.3. The Balaban J connectivity index is 1.30. The molecular weight excluding hydrogens is 687 g/mol. The normalized spacial score (nSPS) is 11.8. The fourth-order valence-corrected chi connectivity index (χ4v) is 11.4. The second-order valence-electron chi connectivity index (χ2n) is 13.2. The van der Waals surface area contributed by atoms with Gasteiger partial charge < -0.3 is 4.90 Å². The van der Waals surface area contributed by atoms with E-state index in [1.165, 1.54) is 94.1 Å². The van der Waals surface area contributed by atoms with Crippen LogP contribution in [0, 0.1) is 0 Å². The van der Waals surface area contributed by atoms with E-state index in [0.29, 0.717) is 0 Å². The van der Waals surface area contributed by atoms with E-state index in [2.05, 4.69) is 181 Å². The van der Waals surface area contributed by atoms with Crippen LogP contribution in [-0.4, -0.2) is 0 Å². The quantitative estimate of drug-likeness (QED) is 0.171. The minimum Gasteiger partial charge on any atom is -0.309 e. The molecule has 0 radical (unpaired) electrons. The van der Waals surface area contributed by atoms with Gasteiger partial charge in [0.25, 0.3) is 0 Å². The highest BCUT2D eigenvalue weighted by molar-refractivity contribution is 7.27. The Morgan fingerprint density at radius 3 is 1.65 bits per heavy atom. The summed E-state index contributed by atoms with van der Waals surface area (Å²) in [6, 6.07) is 64.9. The number of nitrogens with zero attached hydrogens (tertiary/aromatic N) is 1. The fraction of sp³-hybridized carbons (Fsp3) is 0. The summed E-state index contributed by atoms with van der Waals surface area (Å²) < 4.78 is 7.82. The van der Waals surface area contributed by atoms with Crippen molar-refractivity contribution in [1.82, 2.24) is 0 Å². The van der Waals surface area contributed by atoms with Gasteiger partial charge in [-0.25, -0.2) is 0 Å². The number of rotatable bonds is 5. The summed E-state index contributed by atoms with van der Waals surface area (Å²) in [6.07, 6.45) is 0. The molecule has 52 heavy (non-hydrogen) atoms. The van der Waals surface area contributed by atoms with Crippen molar-refractivity contribution in [3.63, 3.8) is 0 Å². The zero-order valence-electron chi connectivity index (χ0n) is 27.9. The Kier molecular flexibility index (Phi) is 6.84. The van der Waals surface area contributed by atoms with Crippen LogP contribution >= 0.6 is 34.0 Å². The summed E-state index contributed by atoms with van der Waals surface area (Å²) in [5.41, 5.74) is 8.47. The van der Waals surface area contributed by atoms with Crippen LogP contribution in [0.1, 0.15) is 0 Å². The molecule has 0 saturated heterocycles. The number of thiophene rings is 3. The SMILES string of the molecule is c1ccc(-c2cc(N(c3ccc4sc5ccccc5c4c3)c3ccc(-c4ccccc4)c4sc5ccccc5c34)c3c(c2)sc2ccccc23)cc1. The van der Waals surface area contributed by atoms with Crippen molar-refractivity contribution >= 4 is 112 Å². The number of hydrogen-bond donors (Lipinski definition) is 0. The van der Waals surface area contributed by atoms with E-state index in [-0.39, 0.29) is 0 Å². The van der Waals surface area contributed by atoms with Gasteiger partial charge in [-0.2, -0.15) is 0 Å². The molecular formula is C48H29NS3. The molecule has 0 aliphatic heterocycles. The summed E-state index contributed by atoms with van der Waals surface area (Å²) in [7, 11) is 0. The van der Waals surface area contributed by atoms with Crippen LogP contribution in [0.5, 0.6) is 0 Å². The second-order valence-corrected chi connectivity index (χ2v) is 16.5. The first-order valence-corrected chi connectivity index (χ1v) is 20.0. The molecule has 8 aromatic carbocycles. The monoisotopic (exact) mass is 715 g/mol. The van der Waals surface area contributed by atoms with Crippen molar-refractivity contribution in [2.75, 3.05) is 4.90 Å². The highest BCUT2D eigenvalue weighted by Crippen LogP contribution is 2.52. The maximum atomic E-state index is 2.57. The van der Waals surface area contributed by atoms with Gasteiger partial charge in [0.15, 0.2) is 0 Å². The number of anilines is 3. The van der Waals surface area contributed by atoms with Gasteiger partial charge >= 0.3 is 0 Å². The topological polar surface area (TPSA) is 3.24 Å². The lowest BCUT2D eigenvalue weighted by Crippen LogP contribution is -2.11. The average molecular weight is 716 g/mol. The van der Waals surface area contributed by atoms with Crippen molar-refractivity contribution in [2.24, 2.45) is 0 Å². The minimum absolute atomic E-state index is 1.15. The van der Waals surface area contributed by atoms with Crippen LogP contribution in [0.2, 0.25) is 0 Å². The van der Waals surface area contributed by atoms with E-state index in [9.17, 15) is 0 Å². The van der Waals surface area contributed by atoms with Gasteiger partial charge in [0.1, 0.15) is 0 Å². The molecule has 1 nitrogen and oxygen atoms in total. The van der Waals surface area contributed by atoms with Gasteiger partial charge in [-0.1, -0.05) is 121 Å². The molecule has 0 amide bonds. The summed E-state index contributed by atoms with van der Waals surface area (Å²) in [5.74, 6) is 0. The Bertz CT molecular complexity index is 3130. The van der Waals surface area contributed by atoms with Crippen molar-refractivity contribution in [1.29, 1.82) is 0 Å². The van der Waals surface area contributed by atoms with Gasteiger partial charge in [-0.05, 0) is 76.9 Å². The molecule has 244 valence electrons. The van der Waals surface area contributed by atoms with Crippen molar-refractivity contribution in [3.8, 4) is 22.3 Å². The molecule has 3 heterocycles. The maximum absolute atomic E-state index is 2.57. The molecule has 4 heteroatoms. The van der Waals surface area contributed by atoms with Crippen LogP contribution in [-0.2, 0) is 0 Å². The molecule has 0 unspecified atom stereocenters. The largest absolute Gasteiger partial charge is 0.309 e. The lowest BCUT2D eigenvalue weighted by molar-refractivity contribution is 1.33. The van der Waals surface area contributed by atoms with Gasteiger partial charge in [-0.3, -0.25) is 0 Å². The first kappa shape index (κ1) is 29.9. The highest BCUT2D eigenvalue weighted by atomic mass is 32.1. The zero-order chi connectivity index (χ0) is 34.2. The summed E-state index contributed by atoms with van der Waals surface area (Å²) in [5, 5.41) is 7.75. The van der Waals surface area contributed by atoms with E-state index >= 15 is 0 Å². The van der Waals surface area contributed by atoms with Crippen LogP contribution in [0.15, 0.2) is 176 Å². The molecule has 11 rings (SSSR count). The maximum Gasteiger partial charge on any atom is 0.0561 e. The predicted octanol–water partition coefficient (Wildman–Crippen LogP) is 15.6. The second kappa shape index (κ2) is 11.9. The molecule has 0 aliphatic rings. The third-order valence-corrected chi connectivity index (χ3v) is 13.7. The van der Waals surface area contributed by atoms with E-state index in [1.807, 2.05) is 34.0 Å². The smallest absolute Gasteiger partial charge is 0.0561 e. The Hall–Kier alpha value is -5.78. The molecule has 0 bridgehead atoms. The molecule has 0 fully saturated rings. The zero-order valence-corrected chi connectivity index (χ0v) is 30.4. The first-order chi connectivity index (χ1) is 25.8. The van der Waals surface area contributed by atoms with Gasteiger partial charge in [0.05, 0.1) is 11.4 Å². The molecule has 11 aromatic rings. The number of benzene rings is 8. The van der Waals surface area contributed by atoms with Crippen LogP contribution in [0.3, 0.4) is 0 Å². The summed E-state index contributed by atoms with van der Waals surface area (Å²) >= 11 is 5.65. The highest BCUT2D eigenvalue weighted by Gasteiger charge is 2.25. The van der Waals surface area contributed by atoms with Crippen LogP contribution in [0.25, 0.3) is 82.8 Å². The van der Waals surface area contributed by atoms with E-state index in [4.69, 9.17) is 0 Å². The summed E-state index contributed by atoms with van der Waals surface area (Å²) in [6.45, 7) is 0. The number of hydrogen-bond acceptors (Lipinski definition) is 4. The van der Waals surface area contributed by atoms with Gasteiger partial charge in [-0.15, -0.1) is 34.0 Å². The Morgan fingerprint density at radius 2 is 0.904 bits per heavy atom. The molecule has 0 saturated carbocycles.